The van der Waals surface area contributed by atoms with Gasteiger partial charge in [0, 0.05) is 41.9 Å². The van der Waals surface area contributed by atoms with Crippen LogP contribution in [0.1, 0.15) is 49.8 Å². The average Bonchev–Trinajstić information content (AvgIpc) is 3.60. The van der Waals surface area contributed by atoms with Crippen LogP contribution in [-0.2, 0) is 5.41 Å². The lowest BCUT2D eigenvalue weighted by molar-refractivity contribution is 0.0945. The molecule has 0 saturated heterocycles. The monoisotopic (exact) mass is 564 g/mol. The lowest BCUT2D eigenvalue weighted by atomic mass is 9.92. The van der Waals surface area contributed by atoms with E-state index in [4.69, 9.17) is 4.74 Å². The van der Waals surface area contributed by atoms with Crippen LogP contribution in [0.25, 0.3) is 5.69 Å². The highest BCUT2D eigenvalue weighted by Gasteiger charge is 2.25. The molecule has 0 radical (unpaired) electrons. The highest BCUT2D eigenvalue weighted by Crippen LogP contribution is 2.29. The van der Waals surface area contributed by atoms with Gasteiger partial charge in [-0.1, -0.05) is 20.8 Å². The summed E-state index contributed by atoms with van der Waals surface area (Å²) in [7, 11) is 0. The van der Waals surface area contributed by atoms with Crippen molar-refractivity contribution < 1.29 is 27.5 Å². The van der Waals surface area contributed by atoms with E-state index in [0.717, 1.165) is 37.1 Å². The highest BCUT2D eigenvalue weighted by atomic mass is 19.1. The van der Waals surface area contributed by atoms with E-state index in [9.17, 15) is 22.8 Å². The van der Waals surface area contributed by atoms with Crippen LogP contribution in [-0.4, -0.2) is 32.7 Å². The number of hydrogen-bond acceptors (Lipinski definition) is 5. The molecule has 1 aliphatic rings. The van der Waals surface area contributed by atoms with Crippen LogP contribution in [0.2, 0.25) is 0 Å². The van der Waals surface area contributed by atoms with Crippen molar-refractivity contribution in [3.8, 4) is 17.2 Å². The number of carbonyl (C=O) groups excluding carboxylic acids is 2. The number of halogens is 3. The summed E-state index contributed by atoms with van der Waals surface area (Å²) in [4.78, 5) is 29.1. The van der Waals surface area contributed by atoms with Crippen molar-refractivity contribution in [2.24, 2.45) is 0 Å². The first kappa shape index (κ1) is 27.7. The molecular weight excluding hydrogens is 537 g/mol. The van der Waals surface area contributed by atoms with Gasteiger partial charge in [-0.25, -0.2) is 22.6 Å². The van der Waals surface area contributed by atoms with Crippen LogP contribution in [0, 0.1) is 17.5 Å². The van der Waals surface area contributed by atoms with Crippen molar-refractivity contribution in [1.82, 2.24) is 20.1 Å². The standard InChI is InChI=1S/C29H27F3N6O3/c1-29(2,3)25-15-26(38(37-25)19-11-16(30)10-17(31)12-19)36-28(40)35-23-7-6-20(13-22(23)32)41-21-8-9-33-24(14-21)27(39)34-18-4-5-18/h6-15,18H,4-5H2,1-3H3,(H,34,39)(H2,35,36,40). The van der Waals surface area contributed by atoms with Gasteiger partial charge in [0.1, 0.15) is 40.5 Å². The number of rotatable bonds is 7. The molecule has 0 spiro atoms. The Morgan fingerprint density at radius 2 is 1.63 bits per heavy atom. The molecule has 41 heavy (non-hydrogen) atoms. The molecular formula is C29H27F3N6O3. The van der Waals surface area contributed by atoms with Gasteiger partial charge in [-0.3, -0.25) is 15.1 Å². The number of benzene rings is 2. The van der Waals surface area contributed by atoms with Gasteiger partial charge in [-0.05, 0) is 43.2 Å². The summed E-state index contributed by atoms with van der Waals surface area (Å²) in [5, 5.41) is 12.2. The van der Waals surface area contributed by atoms with Crippen LogP contribution in [0.15, 0.2) is 60.8 Å². The Morgan fingerprint density at radius 1 is 0.927 bits per heavy atom. The lowest BCUT2D eigenvalue weighted by Crippen LogP contribution is -2.26. The van der Waals surface area contributed by atoms with Gasteiger partial charge < -0.3 is 15.4 Å². The number of carbonyl (C=O) groups is 2. The molecule has 3 N–H and O–H groups in total. The van der Waals surface area contributed by atoms with Crippen molar-refractivity contribution in [2.75, 3.05) is 10.6 Å². The first-order valence-electron chi connectivity index (χ1n) is 12.8. The molecule has 5 rings (SSSR count). The Hall–Kier alpha value is -4.87. The molecule has 4 aromatic rings. The fraction of sp³-hybridized carbons (Fsp3) is 0.241. The molecule has 0 unspecified atom stereocenters. The maximum atomic E-state index is 14.9. The lowest BCUT2D eigenvalue weighted by Gasteiger charge is -2.14. The molecule has 212 valence electrons. The predicted molar refractivity (Wildman–Crippen MR) is 146 cm³/mol. The molecule has 2 aromatic carbocycles. The third-order valence-electron chi connectivity index (χ3n) is 6.11. The summed E-state index contributed by atoms with van der Waals surface area (Å²) < 4.78 is 49.6. The Kier molecular flexibility index (Phi) is 7.40. The normalized spacial score (nSPS) is 13.0. The summed E-state index contributed by atoms with van der Waals surface area (Å²) in [5.74, 6) is -2.17. The van der Waals surface area contributed by atoms with E-state index in [1.165, 1.54) is 35.1 Å². The first-order valence-corrected chi connectivity index (χ1v) is 12.8. The summed E-state index contributed by atoms with van der Waals surface area (Å²) in [6.07, 6.45) is 3.30. The van der Waals surface area contributed by atoms with Crippen LogP contribution in [0.5, 0.6) is 11.5 Å². The number of amides is 3. The molecule has 1 saturated carbocycles. The van der Waals surface area contributed by atoms with E-state index < -0.39 is 28.9 Å². The number of anilines is 2. The quantitative estimate of drug-likeness (QED) is 0.244. The number of nitrogens with zero attached hydrogens (tertiary/aromatic N) is 3. The van der Waals surface area contributed by atoms with Crippen molar-refractivity contribution in [1.29, 1.82) is 0 Å². The molecule has 3 amide bonds. The predicted octanol–water partition coefficient (Wildman–Crippen LogP) is 6.31. The van der Waals surface area contributed by atoms with Gasteiger partial charge in [-0.15, -0.1) is 0 Å². The van der Waals surface area contributed by atoms with Gasteiger partial charge in [0.15, 0.2) is 0 Å². The van der Waals surface area contributed by atoms with E-state index in [0.29, 0.717) is 5.69 Å². The zero-order chi connectivity index (χ0) is 29.3. The number of pyridine rings is 1. The molecule has 1 fully saturated rings. The van der Waals surface area contributed by atoms with Crippen LogP contribution >= 0.6 is 0 Å². The zero-order valence-corrected chi connectivity index (χ0v) is 22.5. The molecule has 2 aromatic heterocycles. The second-order valence-corrected chi connectivity index (χ2v) is 10.7. The van der Waals surface area contributed by atoms with Gasteiger partial charge >= 0.3 is 6.03 Å². The van der Waals surface area contributed by atoms with Gasteiger partial charge in [0.25, 0.3) is 5.91 Å². The summed E-state index contributed by atoms with van der Waals surface area (Å²) >= 11 is 0. The Balaban J connectivity index is 1.30. The second kappa shape index (κ2) is 11.0. The third-order valence-corrected chi connectivity index (χ3v) is 6.11. The van der Waals surface area contributed by atoms with Gasteiger partial charge in [0.05, 0.1) is 17.1 Å². The minimum Gasteiger partial charge on any atom is -0.457 e. The van der Waals surface area contributed by atoms with E-state index in [2.05, 4.69) is 26.0 Å². The number of aromatic nitrogens is 3. The molecule has 0 bridgehead atoms. The maximum absolute atomic E-state index is 14.9. The molecule has 2 heterocycles. The Bertz CT molecular complexity index is 1610. The van der Waals surface area contributed by atoms with E-state index in [1.54, 1.807) is 6.07 Å². The smallest absolute Gasteiger partial charge is 0.324 e. The van der Waals surface area contributed by atoms with E-state index >= 15 is 0 Å². The minimum absolute atomic E-state index is 0.0604. The summed E-state index contributed by atoms with van der Waals surface area (Å²) in [5.41, 5.74) is 0.204. The fourth-order valence-electron chi connectivity index (χ4n) is 3.85. The van der Waals surface area contributed by atoms with Crippen molar-refractivity contribution in [3.63, 3.8) is 0 Å². The highest BCUT2D eigenvalue weighted by molar-refractivity contribution is 5.99. The molecule has 12 heteroatoms. The molecule has 9 nitrogen and oxygen atoms in total. The van der Waals surface area contributed by atoms with Crippen molar-refractivity contribution in [3.05, 3.63) is 89.6 Å². The van der Waals surface area contributed by atoms with Gasteiger partial charge in [0.2, 0.25) is 0 Å². The average molecular weight is 565 g/mol. The largest absolute Gasteiger partial charge is 0.457 e. The third kappa shape index (κ3) is 6.83. The maximum Gasteiger partial charge on any atom is 0.324 e. The van der Waals surface area contributed by atoms with Crippen LogP contribution in [0.4, 0.5) is 29.5 Å². The SMILES string of the molecule is CC(C)(C)c1cc(NC(=O)Nc2ccc(Oc3ccnc(C(=O)NC4CC4)c3)cc2F)n(-c2cc(F)cc(F)c2)n1. The fourth-order valence-corrected chi connectivity index (χ4v) is 3.85. The Labute approximate surface area is 233 Å². The zero-order valence-electron chi connectivity index (χ0n) is 22.5. The summed E-state index contributed by atoms with van der Waals surface area (Å²) in [6, 6.07) is 10.6. The van der Waals surface area contributed by atoms with E-state index in [-0.39, 0.29) is 46.3 Å². The minimum atomic E-state index is -0.809. The number of ether oxygens (including phenoxy) is 1. The molecule has 0 aliphatic heterocycles. The number of nitrogens with one attached hydrogen (secondary N) is 3. The first-order chi connectivity index (χ1) is 19.4. The van der Waals surface area contributed by atoms with Crippen molar-refractivity contribution >= 4 is 23.4 Å². The van der Waals surface area contributed by atoms with E-state index in [1.807, 2.05) is 20.8 Å². The van der Waals surface area contributed by atoms with Gasteiger partial charge in [-0.2, -0.15) is 5.10 Å². The molecule has 0 atom stereocenters. The van der Waals surface area contributed by atoms with Crippen molar-refractivity contribution in [2.45, 2.75) is 45.1 Å². The summed E-state index contributed by atoms with van der Waals surface area (Å²) in [6.45, 7) is 5.68. The topological polar surface area (TPSA) is 110 Å². The molecule has 1 aliphatic carbocycles. The second-order valence-electron chi connectivity index (χ2n) is 10.7. The number of hydrogen-bond donors (Lipinski definition) is 3. The Morgan fingerprint density at radius 3 is 2.29 bits per heavy atom. The van der Waals surface area contributed by atoms with Crippen LogP contribution < -0.4 is 20.7 Å². The number of urea groups is 1. The van der Waals surface area contributed by atoms with Crippen LogP contribution in [0.3, 0.4) is 0 Å².